The Morgan fingerprint density at radius 1 is 1.50 bits per heavy atom. The Kier molecular flexibility index (Phi) is 5.87. The third-order valence-electron chi connectivity index (χ3n) is 3.99. The van der Waals surface area contributed by atoms with E-state index < -0.39 is 0 Å². The van der Waals surface area contributed by atoms with Gasteiger partial charge in [0.2, 0.25) is 0 Å². The van der Waals surface area contributed by atoms with Crippen molar-refractivity contribution < 1.29 is 4.74 Å². The normalized spacial score (nSPS) is 20.1. The number of ether oxygens (including phenoxy) is 1. The molecule has 2 atom stereocenters. The Bertz CT molecular complexity index is 432. The largest absolute Gasteiger partial charge is 0.376 e. The second kappa shape index (κ2) is 7.43. The minimum absolute atomic E-state index is 0.238. The number of nitrogens with zero attached hydrogens (tertiary/aromatic N) is 1. The molecule has 0 amide bonds. The Morgan fingerprint density at radius 2 is 2.30 bits per heavy atom. The van der Waals surface area contributed by atoms with Gasteiger partial charge >= 0.3 is 0 Å². The number of hydrogen-bond donors (Lipinski definition) is 1. The van der Waals surface area contributed by atoms with Gasteiger partial charge in [-0.1, -0.05) is 28.9 Å². The highest BCUT2D eigenvalue weighted by Gasteiger charge is 2.18. The van der Waals surface area contributed by atoms with E-state index in [4.69, 9.17) is 10.5 Å². The monoisotopic (exact) mass is 340 g/mol. The van der Waals surface area contributed by atoms with Crippen molar-refractivity contribution in [3.05, 3.63) is 28.2 Å². The SMILES string of the molecule is CCC(N)Cc1ccc(N(C)CC2CCCO2)cc1Br. The molecule has 2 rings (SSSR count). The van der Waals surface area contributed by atoms with Gasteiger partial charge in [0.15, 0.2) is 0 Å². The third kappa shape index (κ3) is 4.21. The van der Waals surface area contributed by atoms with E-state index in [1.54, 1.807) is 0 Å². The number of benzene rings is 1. The molecule has 0 radical (unpaired) electrons. The van der Waals surface area contributed by atoms with Gasteiger partial charge in [-0.2, -0.15) is 0 Å². The summed E-state index contributed by atoms with van der Waals surface area (Å²) >= 11 is 3.67. The van der Waals surface area contributed by atoms with Gasteiger partial charge in [-0.3, -0.25) is 0 Å². The first kappa shape index (κ1) is 15.8. The van der Waals surface area contributed by atoms with Gasteiger partial charge in [-0.15, -0.1) is 0 Å². The van der Waals surface area contributed by atoms with Gasteiger partial charge < -0.3 is 15.4 Å². The molecule has 0 saturated carbocycles. The molecule has 1 aliphatic rings. The molecule has 2 unspecified atom stereocenters. The molecule has 1 aliphatic heterocycles. The number of nitrogens with two attached hydrogens (primary N) is 1. The van der Waals surface area contributed by atoms with Crippen LogP contribution in [0.25, 0.3) is 0 Å². The van der Waals surface area contributed by atoms with Crippen molar-refractivity contribution in [2.75, 3.05) is 25.1 Å². The molecule has 20 heavy (non-hydrogen) atoms. The van der Waals surface area contributed by atoms with E-state index in [-0.39, 0.29) is 6.04 Å². The first-order valence-electron chi connectivity index (χ1n) is 7.47. The summed E-state index contributed by atoms with van der Waals surface area (Å²) in [6, 6.07) is 6.78. The van der Waals surface area contributed by atoms with E-state index in [2.05, 4.69) is 53.0 Å². The zero-order valence-corrected chi connectivity index (χ0v) is 14.0. The molecule has 3 nitrogen and oxygen atoms in total. The average Bonchev–Trinajstić information content (AvgIpc) is 2.93. The number of anilines is 1. The molecule has 0 spiro atoms. The van der Waals surface area contributed by atoms with E-state index in [9.17, 15) is 0 Å². The number of rotatable bonds is 6. The van der Waals surface area contributed by atoms with Crippen LogP contribution in [0.3, 0.4) is 0 Å². The number of halogens is 1. The van der Waals surface area contributed by atoms with Gasteiger partial charge in [0.25, 0.3) is 0 Å². The van der Waals surface area contributed by atoms with Crippen LogP contribution in [0.5, 0.6) is 0 Å². The van der Waals surface area contributed by atoms with Gasteiger partial charge in [0.1, 0.15) is 0 Å². The summed E-state index contributed by atoms with van der Waals surface area (Å²) in [6.45, 7) is 4.00. The topological polar surface area (TPSA) is 38.5 Å². The molecule has 0 aliphatic carbocycles. The third-order valence-corrected chi connectivity index (χ3v) is 4.72. The van der Waals surface area contributed by atoms with Crippen LogP contribution in [0.15, 0.2) is 22.7 Å². The van der Waals surface area contributed by atoms with Crippen molar-refractivity contribution >= 4 is 21.6 Å². The second-order valence-corrected chi connectivity index (χ2v) is 6.52. The van der Waals surface area contributed by atoms with E-state index in [1.807, 2.05) is 0 Å². The minimum Gasteiger partial charge on any atom is -0.376 e. The summed E-state index contributed by atoms with van der Waals surface area (Å²) in [5.74, 6) is 0. The Balaban J connectivity index is 1.99. The molecular formula is C16H25BrN2O. The summed E-state index contributed by atoms with van der Waals surface area (Å²) in [5.41, 5.74) is 8.54. The Morgan fingerprint density at radius 3 is 2.90 bits per heavy atom. The van der Waals surface area contributed by atoms with Crippen LogP contribution < -0.4 is 10.6 Å². The van der Waals surface area contributed by atoms with E-state index in [0.29, 0.717) is 6.10 Å². The lowest BCUT2D eigenvalue weighted by atomic mass is 10.0. The van der Waals surface area contributed by atoms with Gasteiger partial charge in [-0.25, -0.2) is 0 Å². The van der Waals surface area contributed by atoms with Crippen LogP contribution in [0, 0.1) is 0 Å². The summed E-state index contributed by atoms with van der Waals surface area (Å²) in [5, 5.41) is 0. The van der Waals surface area contributed by atoms with Crippen molar-refractivity contribution in [1.82, 2.24) is 0 Å². The quantitative estimate of drug-likeness (QED) is 0.862. The summed E-state index contributed by atoms with van der Waals surface area (Å²) in [4.78, 5) is 2.27. The fourth-order valence-electron chi connectivity index (χ4n) is 2.57. The fourth-order valence-corrected chi connectivity index (χ4v) is 3.09. The average molecular weight is 341 g/mol. The van der Waals surface area contributed by atoms with Crippen molar-refractivity contribution in [3.63, 3.8) is 0 Å². The molecule has 1 fully saturated rings. The van der Waals surface area contributed by atoms with Crippen LogP contribution in [0.4, 0.5) is 5.69 Å². The Hall–Kier alpha value is -0.580. The van der Waals surface area contributed by atoms with Crippen LogP contribution in [0.1, 0.15) is 31.7 Å². The lowest BCUT2D eigenvalue weighted by Crippen LogP contribution is -2.28. The summed E-state index contributed by atoms with van der Waals surface area (Å²) in [7, 11) is 2.13. The zero-order valence-electron chi connectivity index (χ0n) is 12.4. The zero-order chi connectivity index (χ0) is 14.5. The molecule has 1 heterocycles. The van der Waals surface area contributed by atoms with E-state index in [0.717, 1.165) is 30.5 Å². The van der Waals surface area contributed by atoms with Crippen molar-refractivity contribution in [2.24, 2.45) is 5.73 Å². The first-order chi connectivity index (χ1) is 9.60. The predicted octanol–water partition coefficient (Wildman–Crippen LogP) is 3.34. The molecule has 1 aromatic carbocycles. The maximum atomic E-state index is 6.03. The minimum atomic E-state index is 0.238. The summed E-state index contributed by atoms with van der Waals surface area (Å²) < 4.78 is 6.85. The number of hydrogen-bond acceptors (Lipinski definition) is 3. The van der Waals surface area contributed by atoms with Crippen molar-refractivity contribution in [3.8, 4) is 0 Å². The maximum Gasteiger partial charge on any atom is 0.0750 e. The van der Waals surface area contributed by atoms with Crippen molar-refractivity contribution in [1.29, 1.82) is 0 Å². The second-order valence-electron chi connectivity index (χ2n) is 5.66. The maximum absolute atomic E-state index is 6.03. The molecule has 4 heteroatoms. The lowest BCUT2D eigenvalue weighted by Gasteiger charge is -2.23. The lowest BCUT2D eigenvalue weighted by molar-refractivity contribution is 0.116. The van der Waals surface area contributed by atoms with Crippen molar-refractivity contribution in [2.45, 2.75) is 44.8 Å². The highest BCUT2D eigenvalue weighted by Crippen LogP contribution is 2.26. The smallest absolute Gasteiger partial charge is 0.0750 e. The van der Waals surface area contributed by atoms with Crippen LogP contribution >= 0.6 is 15.9 Å². The molecular weight excluding hydrogens is 316 g/mol. The number of likely N-dealkylation sites (N-methyl/N-ethyl adjacent to an activating group) is 1. The van der Waals surface area contributed by atoms with Crippen LogP contribution in [0.2, 0.25) is 0 Å². The molecule has 0 aromatic heterocycles. The van der Waals surface area contributed by atoms with Gasteiger partial charge in [-0.05, 0) is 43.4 Å². The highest BCUT2D eigenvalue weighted by atomic mass is 79.9. The molecule has 0 bridgehead atoms. The van der Waals surface area contributed by atoms with Crippen LogP contribution in [-0.2, 0) is 11.2 Å². The highest BCUT2D eigenvalue weighted by molar-refractivity contribution is 9.10. The molecule has 2 N–H and O–H groups in total. The summed E-state index contributed by atoms with van der Waals surface area (Å²) in [6.07, 6.45) is 4.68. The van der Waals surface area contributed by atoms with E-state index >= 15 is 0 Å². The van der Waals surface area contributed by atoms with E-state index in [1.165, 1.54) is 24.1 Å². The molecule has 1 aromatic rings. The van der Waals surface area contributed by atoms with Gasteiger partial charge in [0.05, 0.1) is 6.10 Å². The first-order valence-corrected chi connectivity index (χ1v) is 8.26. The standard InChI is InChI=1S/C16H25BrN2O/c1-3-13(18)9-12-6-7-14(10-16(12)17)19(2)11-15-5-4-8-20-15/h6-7,10,13,15H,3-5,8-9,11,18H2,1-2H3. The molecule has 1 saturated heterocycles. The van der Waals surface area contributed by atoms with Gasteiger partial charge in [0, 0.05) is 36.4 Å². The fraction of sp³-hybridized carbons (Fsp3) is 0.625. The molecule has 112 valence electrons. The predicted molar refractivity (Wildman–Crippen MR) is 88.4 cm³/mol. The van der Waals surface area contributed by atoms with Crippen LogP contribution in [-0.4, -0.2) is 32.3 Å². The Labute approximate surface area is 130 Å².